The minimum atomic E-state index is -1.41. The van der Waals surface area contributed by atoms with E-state index in [0.29, 0.717) is 5.56 Å². The summed E-state index contributed by atoms with van der Waals surface area (Å²) < 4.78 is 0. The van der Waals surface area contributed by atoms with Gasteiger partial charge in [0.05, 0.1) is 0 Å². The molecule has 102 valence electrons. The number of halogens is 1. The number of aryl methyl sites for hydroxylation is 1. The molecule has 1 rings (SSSR count). The third kappa shape index (κ3) is 7.30. The summed E-state index contributed by atoms with van der Waals surface area (Å²) in [6.07, 6.45) is 2.32. The molecule has 1 aromatic carbocycles. The van der Waals surface area contributed by atoms with Crippen LogP contribution in [0.5, 0.6) is 0 Å². The predicted octanol–water partition coefficient (Wildman–Crippen LogP) is 3.53. The Hall–Kier alpha value is -1.06. The van der Waals surface area contributed by atoms with Gasteiger partial charge in [0.1, 0.15) is 0 Å². The van der Waals surface area contributed by atoms with Crippen molar-refractivity contribution in [2.75, 3.05) is 5.88 Å². The van der Waals surface area contributed by atoms with Gasteiger partial charge in [-0.15, -0.1) is 11.6 Å². The van der Waals surface area contributed by atoms with Gasteiger partial charge in [-0.3, -0.25) is 0 Å². The molecule has 1 aromatic rings. The van der Waals surface area contributed by atoms with Crippen molar-refractivity contribution < 1.29 is 15.0 Å². The van der Waals surface area contributed by atoms with E-state index in [1.807, 2.05) is 6.92 Å². The average Bonchev–Trinajstić information content (AvgIpc) is 2.37. The number of hydrogen-bond donors (Lipinski definition) is 2. The summed E-state index contributed by atoms with van der Waals surface area (Å²) in [7, 11) is 0. The molecule has 0 spiro atoms. The first-order chi connectivity index (χ1) is 8.52. The molecule has 0 saturated carbocycles. The van der Waals surface area contributed by atoms with Gasteiger partial charge in [0.15, 0.2) is 6.10 Å². The molecule has 0 bridgehead atoms. The van der Waals surface area contributed by atoms with Gasteiger partial charge in [0, 0.05) is 5.88 Å². The van der Waals surface area contributed by atoms with Crippen molar-refractivity contribution in [2.45, 2.75) is 39.2 Å². The normalized spacial score (nSPS) is 11.3. The number of alkyl halides is 1. The Morgan fingerprint density at radius 1 is 1.28 bits per heavy atom. The number of carboxylic acid groups (broad SMARTS) is 1. The van der Waals surface area contributed by atoms with E-state index in [0.717, 1.165) is 11.4 Å². The third-order valence-electron chi connectivity index (χ3n) is 2.36. The topological polar surface area (TPSA) is 57.5 Å². The third-order valence-corrected chi connectivity index (χ3v) is 2.63. The molecule has 0 aromatic heterocycles. The summed E-state index contributed by atoms with van der Waals surface area (Å²) in [5.41, 5.74) is 1.45. The molecule has 0 heterocycles. The number of aliphatic carboxylic acids is 1. The Morgan fingerprint density at radius 2 is 1.83 bits per heavy atom. The van der Waals surface area contributed by atoms with Crippen molar-refractivity contribution in [1.29, 1.82) is 0 Å². The number of carboxylic acids is 1. The second-order valence-electron chi connectivity index (χ2n) is 4.05. The van der Waals surface area contributed by atoms with E-state index in [2.05, 4.69) is 6.92 Å². The first-order valence-corrected chi connectivity index (χ1v) is 6.59. The monoisotopic (exact) mass is 272 g/mol. The molecule has 4 heteroatoms. The number of aliphatic hydroxyl groups excluding tert-OH is 1. The van der Waals surface area contributed by atoms with Crippen LogP contribution in [0.25, 0.3) is 0 Å². The molecule has 0 aliphatic carbocycles. The van der Waals surface area contributed by atoms with Crippen LogP contribution in [0, 0.1) is 6.92 Å². The van der Waals surface area contributed by atoms with E-state index in [1.165, 1.54) is 19.3 Å². The van der Waals surface area contributed by atoms with Crippen molar-refractivity contribution in [2.24, 2.45) is 0 Å². The number of benzene rings is 1. The fraction of sp³-hybridized carbons (Fsp3) is 0.500. The lowest BCUT2D eigenvalue weighted by Gasteiger charge is -2.04. The second kappa shape index (κ2) is 9.92. The zero-order valence-electron chi connectivity index (χ0n) is 10.9. The number of rotatable bonds is 5. The Morgan fingerprint density at radius 3 is 2.17 bits per heavy atom. The summed E-state index contributed by atoms with van der Waals surface area (Å²) in [6, 6.07) is 6.74. The molecule has 0 radical (unpaired) electrons. The number of unbranched alkanes of at least 4 members (excludes halogenated alkanes) is 2. The van der Waals surface area contributed by atoms with E-state index in [-0.39, 0.29) is 0 Å². The van der Waals surface area contributed by atoms with Crippen LogP contribution in [-0.4, -0.2) is 22.1 Å². The Kier molecular flexibility index (Phi) is 9.33. The lowest BCUT2D eigenvalue weighted by molar-refractivity contribution is -0.146. The van der Waals surface area contributed by atoms with Crippen molar-refractivity contribution in [3.8, 4) is 0 Å². The first-order valence-electron chi connectivity index (χ1n) is 6.06. The number of aliphatic hydroxyl groups is 1. The maximum absolute atomic E-state index is 10.3. The van der Waals surface area contributed by atoms with E-state index in [9.17, 15) is 4.79 Å². The molecule has 0 amide bonds. The summed E-state index contributed by atoms with van der Waals surface area (Å²) in [5.74, 6) is -0.396. The highest BCUT2D eigenvalue weighted by Gasteiger charge is 2.14. The maximum atomic E-state index is 10.3. The fourth-order valence-electron chi connectivity index (χ4n) is 1.24. The molecule has 2 N–H and O–H groups in total. The van der Waals surface area contributed by atoms with Gasteiger partial charge in [-0.05, 0) is 18.9 Å². The van der Waals surface area contributed by atoms with Crippen LogP contribution >= 0.6 is 11.6 Å². The van der Waals surface area contributed by atoms with Crippen LogP contribution in [0.4, 0.5) is 0 Å². The van der Waals surface area contributed by atoms with Gasteiger partial charge in [-0.25, -0.2) is 4.79 Å². The molecule has 0 fully saturated rings. The minimum Gasteiger partial charge on any atom is -0.479 e. The molecule has 0 aliphatic heterocycles. The Labute approximate surface area is 113 Å². The van der Waals surface area contributed by atoms with Crippen molar-refractivity contribution in [3.05, 3.63) is 35.4 Å². The van der Waals surface area contributed by atoms with Gasteiger partial charge in [0.2, 0.25) is 0 Å². The molecule has 1 unspecified atom stereocenters. The quantitative estimate of drug-likeness (QED) is 0.637. The summed E-state index contributed by atoms with van der Waals surface area (Å²) in [4.78, 5) is 10.3. The largest absolute Gasteiger partial charge is 0.479 e. The predicted molar refractivity (Wildman–Crippen MR) is 74.0 cm³/mol. The molecule has 18 heavy (non-hydrogen) atoms. The van der Waals surface area contributed by atoms with E-state index >= 15 is 0 Å². The Balaban J connectivity index is 0.000000411. The highest BCUT2D eigenvalue weighted by atomic mass is 35.5. The van der Waals surface area contributed by atoms with Crippen molar-refractivity contribution >= 4 is 17.6 Å². The summed E-state index contributed by atoms with van der Waals surface area (Å²) in [6.45, 7) is 4.07. The lowest BCUT2D eigenvalue weighted by atomic mass is 10.1. The summed E-state index contributed by atoms with van der Waals surface area (Å²) in [5, 5.41) is 17.5. The SMILES string of the molecule is CCCCCCl.Cc1ccc(C(O)C(=O)O)cc1. The highest BCUT2D eigenvalue weighted by Crippen LogP contribution is 2.13. The van der Waals surface area contributed by atoms with E-state index < -0.39 is 12.1 Å². The molecule has 3 nitrogen and oxygen atoms in total. The van der Waals surface area contributed by atoms with Crippen LogP contribution in [-0.2, 0) is 4.79 Å². The molecule has 0 aliphatic rings. The zero-order valence-corrected chi connectivity index (χ0v) is 11.7. The minimum absolute atomic E-state index is 0.410. The second-order valence-corrected chi connectivity index (χ2v) is 4.43. The van der Waals surface area contributed by atoms with Gasteiger partial charge in [0.25, 0.3) is 0 Å². The van der Waals surface area contributed by atoms with Crippen LogP contribution in [0.3, 0.4) is 0 Å². The Bertz CT molecular complexity index is 331. The van der Waals surface area contributed by atoms with Crippen molar-refractivity contribution in [1.82, 2.24) is 0 Å². The van der Waals surface area contributed by atoms with Gasteiger partial charge in [-0.1, -0.05) is 49.6 Å². The maximum Gasteiger partial charge on any atom is 0.337 e. The fourth-order valence-corrected chi connectivity index (χ4v) is 1.42. The van der Waals surface area contributed by atoms with Crippen LogP contribution in [0.1, 0.15) is 43.4 Å². The number of hydrogen-bond acceptors (Lipinski definition) is 2. The van der Waals surface area contributed by atoms with E-state index in [4.69, 9.17) is 21.8 Å². The van der Waals surface area contributed by atoms with Gasteiger partial charge < -0.3 is 10.2 Å². The summed E-state index contributed by atoms with van der Waals surface area (Å²) >= 11 is 5.38. The standard InChI is InChI=1S/C9H10O3.C5H11Cl/c1-6-2-4-7(5-3-6)8(10)9(11)12;1-2-3-4-5-6/h2-5,8,10H,1H3,(H,11,12);2-5H2,1H3. The highest BCUT2D eigenvalue weighted by molar-refractivity contribution is 6.17. The van der Waals surface area contributed by atoms with Gasteiger partial charge >= 0.3 is 5.97 Å². The molecular formula is C14H21ClO3. The smallest absolute Gasteiger partial charge is 0.337 e. The van der Waals surface area contributed by atoms with Crippen molar-refractivity contribution in [3.63, 3.8) is 0 Å². The van der Waals surface area contributed by atoms with Crippen LogP contribution in [0.2, 0.25) is 0 Å². The van der Waals surface area contributed by atoms with Gasteiger partial charge in [-0.2, -0.15) is 0 Å². The number of carbonyl (C=O) groups is 1. The van der Waals surface area contributed by atoms with Crippen LogP contribution < -0.4 is 0 Å². The lowest BCUT2D eigenvalue weighted by Crippen LogP contribution is -2.09. The van der Waals surface area contributed by atoms with Crippen LogP contribution in [0.15, 0.2) is 24.3 Å². The molecule has 1 atom stereocenters. The van der Waals surface area contributed by atoms with E-state index in [1.54, 1.807) is 24.3 Å². The first kappa shape index (κ1) is 16.9. The molecule has 0 saturated heterocycles. The zero-order chi connectivity index (χ0) is 14.0. The average molecular weight is 273 g/mol. The molecular weight excluding hydrogens is 252 g/mol.